The summed E-state index contributed by atoms with van der Waals surface area (Å²) in [6.45, 7) is 5.48. The second kappa shape index (κ2) is 12.4. The van der Waals surface area contributed by atoms with Crippen molar-refractivity contribution in [2.75, 3.05) is 18.1 Å². The Balaban J connectivity index is 1.66. The number of amides is 1. The molecule has 2 heterocycles. The maximum Gasteiger partial charge on any atom is 0.268 e. The summed E-state index contributed by atoms with van der Waals surface area (Å²) in [6, 6.07) is 14.9. The van der Waals surface area contributed by atoms with Crippen LogP contribution in [0.1, 0.15) is 75.2 Å². The van der Waals surface area contributed by atoms with Gasteiger partial charge < -0.3 is 9.26 Å². The van der Waals surface area contributed by atoms with Crippen LogP contribution >= 0.6 is 0 Å². The van der Waals surface area contributed by atoms with Crippen LogP contribution in [-0.2, 0) is 26.1 Å². The molecular formula is C32H40N4O5S. The van der Waals surface area contributed by atoms with Crippen LogP contribution < -0.4 is 4.31 Å². The fourth-order valence-electron chi connectivity index (χ4n) is 6.01. The van der Waals surface area contributed by atoms with Gasteiger partial charge in [0.15, 0.2) is 5.82 Å². The molecule has 0 bridgehead atoms. The van der Waals surface area contributed by atoms with Gasteiger partial charge in [0.2, 0.25) is 0 Å². The lowest BCUT2D eigenvalue weighted by molar-refractivity contribution is -0.132. The number of aromatic nitrogens is 1. The van der Waals surface area contributed by atoms with E-state index in [0.29, 0.717) is 28.9 Å². The smallest absolute Gasteiger partial charge is 0.268 e. The van der Waals surface area contributed by atoms with Crippen LogP contribution in [0.4, 0.5) is 5.82 Å². The number of sulfonamides is 1. The van der Waals surface area contributed by atoms with E-state index < -0.39 is 15.6 Å². The molecule has 1 saturated carbocycles. The first-order valence-electron chi connectivity index (χ1n) is 14.8. The average molecular weight is 593 g/mol. The summed E-state index contributed by atoms with van der Waals surface area (Å²) in [6.07, 6.45) is 7.06. The molecule has 5 rings (SSSR count). The SMILES string of the molecule is CCCCC1=NC2(CCCCC2)C(=O)N1Cc1cccc(-c2ccccc2)c1S(=O)(=O)N(COC)c1noc(C)c1C. The molecule has 1 amide bonds. The van der Waals surface area contributed by atoms with Crippen molar-refractivity contribution in [3.05, 3.63) is 65.4 Å². The van der Waals surface area contributed by atoms with Gasteiger partial charge in [-0.1, -0.05) is 86.3 Å². The van der Waals surface area contributed by atoms with Crippen LogP contribution in [0.3, 0.4) is 0 Å². The highest BCUT2D eigenvalue weighted by Crippen LogP contribution is 2.41. The molecule has 0 unspecified atom stereocenters. The standard InChI is InChI=1S/C32H40N4O5S/c1-5-6-18-28-33-32(19-11-8-12-20-32)31(37)35(28)21-26-16-13-17-27(25-14-9-7-10-15-25)29(26)42(38,39)36(22-40-4)30-23(2)24(3)41-34-30/h7,9-10,13-17H,5-6,8,11-12,18-22H2,1-4H3. The second-order valence-electron chi connectivity index (χ2n) is 11.2. The Kier molecular flexibility index (Phi) is 8.84. The molecule has 42 heavy (non-hydrogen) atoms. The number of hydrogen-bond donors (Lipinski definition) is 0. The van der Waals surface area contributed by atoms with Crippen molar-refractivity contribution in [1.82, 2.24) is 10.1 Å². The molecule has 1 aromatic heterocycles. The van der Waals surface area contributed by atoms with Gasteiger partial charge in [-0.05, 0) is 44.2 Å². The zero-order chi connectivity index (χ0) is 29.9. The van der Waals surface area contributed by atoms with Gasteiger partial charge in [-0.25, -0.2) is 12.7 Å². The van der Waals surface area contributed by atoms with Crippen LogP contribution in [0.2, 0.25) is 0 Å². The van der Waals surface area contributed by atoms with Gasteiger partial charge in [-0.2, -0.15) is 0 Å². The first-order chi connectivity index (χ1) is 20.2. The summed E-state index contributed by atoms with van der Waals surface area (Å²) in [7, 11) is -2.81. The van der Waals surface area contributed by atoms with Gasteiger partial charge in [-0.3, -0.25) is 14.7 Å². The summed E-state index contributed by atoms with van der Waals surface area (Å²) < 4.78 is 41.4. The van der Waals surface area contributed by atoms with Crippen LogP contribution in [-0.4, -0.2) is 49.6 Å². The fourth-order valence-corrected chi connectivity index (χ4v) is 7.80. The van der Waals surface area contributed by atoms with E-state index in [1.54, 1.807) is 30.9 Å². The van der Waals surface area contributed by atoms with Gasteiger partial charge >= 0.3 is 0 Å². The summed E-state index contributed by atoms with van der Waals surface area (Å²) in [4.78, 5) is 21.0. The monoisotopic (exact) mass is 592 g/mol. The largest absolute Gasteiger partial charge is 0.363 e. The van der Waals surface area contributed by atoms with Crippen molar-refractivity contribution in [1.29, 1.82) is 0 Å². The fraction of sp³-hybridized carbons (Fsp3) is 0.469. The molecule has 3 aromatic rings. The van der Waals surface area contributed by atoms with Crippen molar-refractivity contribution in [2.45, 2.75) is 89.1 Å². The van der Waals surface area contributed by atoms with Crippen molar-refractivity contribution in [3.8, 4) is 11.1 Å². The molecule has 1 aliphatic carbocycles. The first-order valence-corrected chi connectivity index (χ1v) is 16.2. The minimum absolute atomic E-state index is 0.0153. The van der Waals surface area contributed by atoms with E-state index in [2.05, 4.69) is 12.1 Å². The Morgan fingerprint density at radius 3 is 2.43 bits per heavy atom. The lowest BCUT2D eigenvalue weighted by Gasteiger charge is -2.30. The van der Waals surface area contributed by atoms with E-state index in [9.17, 15) is 13.2 Å². The quantitative estimate of drug-likeness (QED) is 0.239. The summed E-state index contributed by atoms with van der Waals surface area (Å²) in [5, 5.41) is 4.08. The van der Waals surface area contributed by atoms with Crippen LogP contribution in [0.25, 0.3) is 11.1 Å². The van der Waals surface area contributed by atoms with Crippen LogP contribution in [0.15, 0.2) is 62.9 Å². The topological polar surface area (TPSA) is 105 Å². The van der Waals surface area contributed by atoms with Crippen molar-refractivity contribution >= 4 is 27.6 Å². The number of unbranched alkanes of at least 4 members (excludes halogenated alkanes) is 1. The number of rotatable bonds is 11. The Bertz CT molecular complexity index is 1560. The molecule has 0 atom stereocenters. The number of nitrogens with zero attached hydrogens (tertiary/aromatic N) is 4. The number of aryl methyl sites for hydroxylation is 1. The molecule has 9 nitrogen and oxygen atoms in total. The highest BCUT2D eigenvalue weighted by molar-refractivity contribution is 7.93. The minimum Gasteiger partial charge on any atom is -0.363 e. The van der Waals surface area contributed by atoms with Gasteiger partial charge in [0.1, 0.15) is 28.8 Å². The minimum atomic E-state index is -4.25. The maximum atomic E-state index is 14.7. The zero-order valence-corrected chi connectivity index (χ0v) is 25.7. The van der Waals surface area contributed by atoms with Crippen molar-refractivity contribution in [3.63, 3.8) is 0 Å². The van der Waals surface area contributed by atoms with E-state index in [0.717, 1.165) is 60.7 Å². The van der Waals surface area contributed by atoms with E-state index in [-0.39, 0.29) is 29.9 Å². The first kappa shape index (κ1) is 30.0. The highest BCUT2D eigenvalue weighted by Gasteiger charge is 2.48. The average Bonchev–Trinajstić information content (AvgIpc) is 3.45. The molecule has 1 spiro atoms. The number of amidine groups is 1. The molecule has 10 heteroatoms. The maximum absolute atomic E-state index is 14.7. The van der Waals surface area contributed by atoms with E-state index in [1.807, 2.05) is 36.4 Å². The molecule has 224 valence electrons. The Hall–Kier alpha value is -3.50. The molecule has 1 fully saturated rings. The molecular weight excluding hydrogens is 552 g/mol. The third-order valence-electron chi connectivity index (χ3n) is 8.41. The number of aliphatic imine (C=N–C) groups is 1. The second-order valence-corrected chi connectivity index (χ2v) is 13.0. The van der Waals surface area contributed by atoms with Gasteiger partial charge in [0, 0.05) is 24.7 Å². The number of ether oxygens (including phenoxy) is 1. The number of carbonyl (C=O) groups is 1. The van der Waals surface area contributed by atoms with E-state index in [1.165, 1.54) is 7.11 Å². The number of carbonyl (C=O) groups excluding carboxylic acids is 1. The Morgan fingerprint density at radius 2 is 1.79 bits per heavy atom. The number of benzene rings is 2. The van der Waals surface area contributed by atoms with Gasteiger partial charge in [0.05, 0.1) is 6.54 Å². The van der Waals surface area contributed by atoms with Crippen LogP contribution in [0, 0.1) is 13.8 Å². The van der Waals surface area contributed by atoms with Crippen molar-refractivity contribution < 1.29 is 22.5 Å². The molecule has 2 aliphatic rings. The Labute approximate surface area is 248 Å². The molecule has 0 radical (unpaired) electrons. The predicted molar refractivity (Wildman–Crippen MR) is 163 cm³/mol. The zero-order valence-electron chi connectivity index (χ0n) is 24.9. The lowest BCUT2D eigenvalue weighted by atomic mass is 9.82. The van der Waals surface area contributed by atoms with Gasteiger partial charge in [0.25, 0.3) is 15.9 Å². The summed E-state index contributed by atoms with van der Waals surface area (Å²) >= 11 is 0. The normalized spacial score (nSPS) is 16.7. The lowest BCUT2D eigenvalue weighted by Crippen LogP contribution is -2.44. The van der Waals surface area contributed by atoms with Crippen molar-refractivity contribution in [2.24, 2.45) is 4.99 Å². The number of hydrogen-bond acceptors (Lipinski definition) is 7. The molecule has 0 saturated heterocycles. The molecule has 2 aromatic carbocycles. The Morgan fingerprint density at radius 1 is 1.05 bits per heavy atom. The van der Waals surface area contributed by atoms with E-state index >= 15 is 0 Å². The third-order valence-corrected chi connectivity index (χ3v) is 10.3. The number of anilines is 1. The highest BCUT2D eigenvalue weighted by atomic mass is 32.2. The van der Waals surface area contributed by atoms with E-state index in [4.69, 9.17) is 14.3 Å². The molecule has 1 aliphatic heterocycles. The predicted octanol–water partition coefficient (Wildman–Crippen LogP) is 6.39. The van der Waals surface area contributed by atoms with Crippen LogP contribution in [0.5, 0.6) is 0 Å². The summed E-state index contributed by atoms with van der Waals surface area (Å²) in [5.41, 5.74) is 1.69. The molecule has 0 N–H and O–H groups in total. The van der Waals surface area contributed by atoms with Gasteiger partial charge in [-0.15, -0.1) is 0 Å². The third kappa shape index (κ3) is 5.49. The number of methoxy groups -OCH3 is 1. The summed E-state index contributed by atoms with van der Waals surface area (Å²) in [5.74, 6) is 1.44.